The van der Waals surface area contributed by atoms with Gasteiger partial charge in [0.2, 0.25) is 5.91 Å². The van der Waals surface area contributed by atoms with Crippen LogP contribution in [-0.4, -0.2) is 30.4 Å². The monoisotopic (exact) mass is 320 g/mol. The lowest BCUT2D eigenvalue weighted by atomic mass is 9.75. The van der Waals surface area contributed by atoms with Crippen LogP contribution >= 0.6 is 11.6 Å². The van der Waals surface area contributed by atoms with Crippen molar-refractivity contribution in [3.8, 4) is 0 Å². The maximum atomic E-state index is 12.3. The van der Waals surface area contributed by atoms with E-state index < -0.39 is 0 Å². The van der Waals surface area contributed by atoms with Crippen molar-refractivity contribution < 1.29 is 4.79 Å². The highest BCUT2D eigenvalue weighted by Crippen LogP contribution is 2.35. The molecule has 0 bridgehead atoms. The quantitative estimate of drug-likeness (QED) is 0.909. The number of aryl methyl sites for hydroxylation is 1. The Morgan fingerprint density at radius 2 is 2.05 bits per heavy atom. The highest BCUT2D eigenvalue weighted by molar-refractivity contribution is 6.30. The summed E-state index contributed by atoms with van der Waals surface area (Å²) in [7, 11) is 0. The van der Waals surface area contributed by atoms with Gasteiger partial charge in [-0.2, -0.15) is 0 Å². The van der Waals surface area contributed by atoms with Gasteiger partial charge in [0.1, 0.15) is 0 Å². The molecule has 22 heavy (non-hydrogen) atoms. The molecule has 1 aromatic rings. The second-order valence-corrected chi connectivity index (χ2v) is 7.27. The molecule has 0 radical (unpaired) electrons. The number of halogens is 1. The van der Waals surface area contributed by atoms with Crippen molar-refractivity contribution in [1.82, 2.24) is 4.90 Å². The fraction of sp³-hybridized carbons (Fsp3) is 0.611. The van der Waals surface area contributed by atoms with Crippen LogP contribution in [0.2, 0.25) is 5.02 Å². The Morgan fingerprint density at radius 3 is 2.82 bits per heavy atom. The van der Waals surface area contributed by atoms with Crippen molar-refractivity contribution in [3.63, 3.8) is 0 Å². The third-order valence-electron chi connectivity index (χ3n) is 5.21. The number of hydrogen-bond acceptors (Lipinski definition) is 2. The normalized spacial score (nSPS) is 25.5. The zero-order chi connectivity index (χ0) is 15.5. The average molecular weight is 321 g/mol. The Labute approximate surface area is 138 Å². The third kappa shape index (κ3) is 3.82. The highest BCUT2D eigenvalue weighted by Gasteiger charge is 2.31. The number of fused-ring (bicyclic) bond motifs is 1. The summed E-state index contributed by atoms with van der Waals surface area (Å²) in [6.07, 6.45) is 6.77. The van der Waals surface area contributed by atoms with E-state index >= 15 is 0 Å². The van der Waals surface area contributed by atoms with Gasteiger partial charge in [-0.25, -0.2) is 0 Å². The van der Waals surface area contributed by atoms with Crippen LogP contribution < -0.4 is 5.32 Å². The first-order valence-corrected chi connectivity index (χ1v) is 8.78. The summed E-state index contributed by atoms with van der Waals surface area (Å²) in [5.41, 5.74) is 1.87. The minimum absolute atomic E-state index is 0.0830. The number of carbonyl (C=O) groups is 1. The smallest absolute Gasteiger partial charge is 0.238 e. The molecule has 1 aliphatic heterocycles. The van der Waals surface area contributed by atoms with Crippen molar-refractivity contribution in [2.75, 3.05) is 25.0 Å². The van der Waals surface area contributed by atoms with Gasteiger partial charge in [0.25, 0.3) is 0 Å². The van der Waals surface area contributed by atoms with Crippen LogP contribution in [0.3, 0.4) is 0 Å². The lowest BCUT2D eigenvalue weighted by molar-refractivity contribution is -0.118. The number of amides is 1. The van der Waals surface area contributed by atoms with Gasteiger partial charge in [-0.15, -0.1) is 0 Å². The lowest BCUT2D eigenvalue weighted by Gasteiger charge is -2.41. The third-order valence-corrected chi connectivity index (χ3v) is 5.44. The summed E-state index contributed by atoms with van der Waals surface area (Å²) in [5, 5.41) is 3.72. The van der Waals surface area contributed by atoms with Crippen molar-refractivity contribution in [2.45, 2.75) is 39.0 Å². The van der Waals surface area contributed by atoms with E-state index in [9.17, 15) is 4.79 Å². The van der Waals surface area contributed by atoms with Crippen LogP contribution in [0.5, 0.6) is 0 Å². The van der Waals surface area contributed by atoms with E-state index in [1.807, 2.05) is 25.1 Å². The molecule has 1 aromatic carbocycles. The van der Waals surface area contributed by atoms with E-state index in [1.54, 1.807) is 0 Å². The standard InChI is InChI=1S/C18H25ClN2O/c1-13-10-16(19)6-7-17(13)20-18(22)12-21-9-8-14-4-2-3-5-15(14)11-21/h6-7,10,14-15H,2-5,8-9,11-12H2,1H3,(H,20,22)/t14-,15-/m1/s1. The van der Waals surface area contributed by atoms with Gasteiger partial charge < -0.3 is 5.32 Å². The van der Waals surface area contributed by atoms with Crippen LogP contribution in [0.15, 0.2) is 18.2 Å². The number of benzene rings is 1. The largest absolute Gasteiger partial charge is 0.325 e. The predicted molar refractivity (Wildman–Crippen MR) is 91.3 cm³/mol. The van der Waals surface area contributed by atoms with Gasteiger partial charge in [-0.3, -0.25) is 9.69 Å². The van der Waals surface area contributed by atoms with Crippen LogP contribution in [0.1, 0.15) is 37.7 Å². The number of nitrogens with one attached hydrogen (secondary N) is 1. The van der Waals surface area contributed by atoms with Crippen molar-refractivity contribution in [3.05, 3.63) is 28.8 Å². The molecule has 120 valence electrons. The molecule has 3 nitrogen and oxygen atoms in total. The van der Waals surface area contributed by atoms with Crippen LogP contribution in [-0.2, 0) is 4.79 Å². The van der Waals surface area contributed by atoms with E-state index in [0.717, 1.165) is 36.2 Å². The summed E-state index contributed by atoms with van der Waals surface area (Å²) >= 11 is 5.95. The van der Waals surface area contributed by atoms with E-state index in [0.29, 0.717) is 11.6 Å². The Morgan fingerprint density at radius 1 is 1.27 bits per heavy atom. The fourth-order valence-electron chi connectivity index (χ4n) is 3.98. The molecule has 3 rings (SSSR count). The Hall–Kier alpha value is -1.06. The number of piperidine rings is 1. The second-order valence-electron chi connectivity index (χ2n) is 6.84. The van der Waals surface area contributed by atoms with Gasteiger partial charge in [-0.05, 0) is 61.9 Å². The summed E-state index contributed by atoms with van der Waals surface area (Å²) in [6, 6.07) is 5.57. The molecule has 0 spiro atoms. The first-order valence-electron chi connectivity index (χ1n) is 8.40. The molecule has 4 heteroatoms. The summed E-state index contributed by atoms with van der Waals surface area (Å²) < 4.78 is 0. The molecule has 1 heterocycles. The zero-order valence-electron chi connectivity index (χ0n) is 13.3. The van der Waals surface area contributed by atoms with Crippen LogP contribution in [0, 0.1) is 18.8 Å². The molecule has 1 amide bonds. The maximum absolute atomic E-state index is 12.3. The number of hydrogen-bond donors (Lipinski definition) is 1. The first-order chi connectivity index (χ1) is 10.6. The zero-order valence-corrected chi connectivity index (χ0v) is 14.0. The average Bonchev–Trinajstić information content (AvgIpc) is 2.50. The first kappa shape index (κ1) is 15.8. The molecule has 2 atom stereocenters. The SMILES string of the molecule is Cc1cc(Cl)ccc1NC(=O)CN1CC[C@H]2CCCC[C@@H]2C1. The predicted octanol–water partition coefficient (Wildman–Crippen LogP) is 4.10. The van der Waals surface area contributed by atoms with Crippen molar-refractivity contribution in [2.24, 2.45) is 11.8 Å². The molecule has 1 N–H and O–H groups in total. The molecular weight excluding hydrogens is 296 g/mol. The fourth-order valence-corrected chi connectivity index (χ4v) is 4.21. The Kier molecular flexibility index (Phi) is 5.04. The van der Waals surface area contributed by atoms with E-state index in [4.69, 9.17) is 11.6 Å². The van der Waals surface area contributed by atoms with Crippen LogP contribution in [0.4, 0.5) is 5.69 Å². The highest BCUT2D eigenvalue weighted by atomic mass is 35.5. The number of likely N-dealkylation sites (tertiary alicyclic amines) is 1. The minimum Gasteiger partial charge on any atom is -0.325 e. The van der Waals surface area contributed by atoms with Gasteiger partial charge in [0.05, 0.1) is 6.54 Å². The van der Waals surface area contributed by atoms with E-state index in [1.165, 1.54) is 32.1 Å². The molecule has 2 fully saturated rings. The second kappa shape index (κ2) is 7.01. The van der Waals surface area contributed by atoms with Crippen molar-refractivity contribution >= 4 is 23.2 Å². The van der Waals surface area contributed by atoms with Crippen LogP contribution in [0.25, 0.3) is 0 Å². The van der Waals surface area contributed by atoms with Gasteiger partial charge in [-0.1, -0.05) is 30.9 Å². The van der Waals surface area contributed by atoms with Gasteiger partial charge in [0.15, 0.2) is 0 Å². The summed E-state index contributed by atoms with van der Waals surface area (Å²) in [6.45, 7) is 4.63. The summed E-state index contributed by atoms with van der Waals surface area (Å²) in [4.78, 5) is 14.6. The van der Waals surface area contributed by atoms with E-state index in [2.05, 4.69) is 10.2 Å². The maximum Gasteiger partial charge on any atom is 0.238 e. The molecule has 2 aliphatic rings. The Bertz CT molecular complexity index is 546. The van der Waals surface area contributed by atoms with E-state index in [-0.39, 0.29) is 5.91 Å². The van der Waals surface area contributed by atoms with Gasteiger partial charge in [0, 0.05) is 17.3 Å². The topological polar surface area (TPSA) is 32.3 Å². The van der Waals surface area contributed by atoms with Crippen molar-refractivity contribution in [1.29, 1.82) is 0 Å². The summed E-state index contributed by atoms with van der Waals surface area (Å²) in [5.74, 6) is 1.80. The molecule has 1 aliphatic carbocycles. The molecule has 0 aromatic heterocycles. The molecule has 0 unspecified atom stereocenters. The molecule has 1 saturated carbocycles. The number of nitrogens with zero attached hydrogens (tertiary/aromatic N) is 1. The number of carbonyl (C=O) groups excluding carboxylic acids is 1. The minimum atomic E-state index is 0.0830. The number of anilines is 1. The molecule has 1 saturated heterocycles. The van der Waals surface area contributed by atoms with Gasteiger partial charge >= 0.3 is 0 Å². The Balaban J connectivity index is 1.53. The number of rotatable bonds is 3. The molecular formula is C18H25ClN2O. The lowest BCUT2D eigenvalue weighted by Crippen LogP contribution is -2.44.